The molecule has 8 nitrogen and oxygen atoms in total. The number of piperazine rings is 1. The first kappa shape index (κ1) is 22.5. The molecule has 1 aromatic carbocycles. The highest BCUT2D eigenvalue weighted by Crippen LogP contribution is 2.19. The van der Waals surface area contributed by atoms with E-state index in [1.54, 1.807) is 0 Å². The second-order valence-electron chi connectivity index (χ2n) is 8.29. The van der Waals surface area contributed by atoms with E-state index in [9.17, 15) is 9.59 Å². The Kier molecular flexibility index (Phi) is 8.48. The van der Waals surface area contributed by atoms with Crippen molar-refractivity contribution >= 4 is 23.2 Å². The minimum atomic E-state index is -0.112. The number of hydrogen-bond donors (Lipinski definition) is 4. The number of morpholine rings is 1. The van der Waals surface area contributed by atoms with Crippen LogP contribution in [0.3, 0.4) is 0 Å². The standard InChI is InChI=1S/C22H35N5O3/c1-3-8-23-21(28)17-25-9-11-26(12-10-25)18(2)22(29)24-19-4-6-20(7-5-19)27-13-15-30-16-14-27/h4-7,18H,3,8-17H2,1-2H3,(H,23,28)(H,24,29)/p+2/t18-/m1/s1. The molecule has 2 aliphatic rings. The summed E-state index contributed by atoms with van der Waals surface area (Å²) in [4.78, 5) is 29.5. The molecule has 2 aliphatic heterocycles. The highest BCUT2D eigenvalue weighted by molar-refractivity contribution is 5.93. The first-order valence-corrected chi connectivity index (χ1v) is 11.2. The third-order valence-corrected chi connectivity index (χ3v) is 6.10. The van der Waals surface area contributed by atoms with E-state index >= 15 is 0 Å². The van der Waals surface area contributed by atoms with E-state index in [2.05, 4.69) is 34.6 Å². The quantitative estimate of drug-likeness (QED) is 0.399. The molecular weight excluding hydrogens is 382 g/mol. The Labute approximate surface area is 179 Å². The number of nitrogens with zero attached hydrogens (tertiary/aromatic N) is 1. The second kappa shape index (κ2) is 11.3. The lowest BCUT2D eigenvalue weighted by Gasteiger charge is -2.32. The Bertz CT molecular complexity index is 683. The Morgan fingerprint density at radius 3 is 2.40 bits per heavy atom. The van der Waals surface area contributed by atoms with Gasteiger partial charge in [0.05, 0.1) is 13.2 Å². The number of rotatable bonds is 8. The number of ether oxygens (including phenoxy) is 1. The van der Waals surface area contributed by atoms with Crippen LogP contribution in [-0.2, 0) is 14.3 Å². The summed E-state index contributed by atoms with van der Waals surface area (Å²) in [5.74, 6) is 0.176. The van der Waals surface area contributed by atoms with Crippen LogP contribution in [0.1, 0.15) is 20.3 Å². The molecular formula is C22H37N5O3+2. The van der Waals surface area contributed by atoms with E-state index in [0.717, 1.165) is 76.8 Å². The number of carbonyl (C=O) groups is 2. The van der Waals surface area contributed by atoms with E-state index < -0.39 is 0 Å². The van der Waals surface area contributed by atoms with Crippen molar-refractivity contribution in [2.24, 2.45) is 0 Å². The second-order valence-corrected chi connectivity index (χ2v) is 8.29. The minimum Gasteiger partial charge on any atom is -0.378 e. The van der Waals surface area contributed by atoms with E-state index in [1.807, 2.05) is 19.1 Å². The summed E-state index contributed by atoms with van der Waals surface area (Å²) in [5.41, 5.74) is 2.00. The molecule has 166 valence electrons. The molecule has 2 fully saturated rings. The van der Waals surface area contributed by atoms with E-state index in [4.69, 9.17) is 4.74 Å². The van der Waals surface area contributed by atoms with Crippen molar-refractivity contribution in [3.8, 4) is 0 Å². The molecule has 4 N–H and O–H groups in total. The summed E-state index contributed by atoms with van der Waals surface area (Å²) in [6.07, 6.45) is 0.960. The lowest BCUT2D eigenvalue weighted by atomic mass is 10.2. The molecule has 0 radical (unpaired) electrons. The normalized spacial score (nSPS) is 22.9. The van der Waals surface area contributed by atoms with Crippen molar-refractivity contribution in [2.45, 2.75) is 26.3 Å². The monoisotopic (exact) mass is 419 g/mol. The summed E-state index contributed by atoms with van der Waals surface area (Å²) in [6.45, 7) is 12.3. The zero-order chi connectivity index (χ0) is 21.3. The van der Waals surface area contributed by atoms with Crippen LogP contribution in [-0.4, -0.2) is 83.4 Å². The van der Waals surface area contributed by atoms with Crippen molar-refractivity contribution in [3.05, 3.63) is 24.3 Å². The molecule has 1 atom stereocenters. The summed E-state index contributed by atoms with van der Waals surface area (Å²) >= 11 is 0. The Morgan fingerprint density at radius 1 is 1.10 bits per heavy atom. The fourth-order valence-electron chi connectivity index (χ4n) is 4.10. The van der Waals surface area contributed by atoms with Gasteiger partial charge in [-0.05, 0) is 37.6 Å². The van der Waals surface area contributed by atoms with Gasteiger partial charge >= 0.3 is 0 Å². The summed E-state index contributed by atoms with van der Waals surface area (Å²) < 4.78 is 5.40. The summed E-state index contributed by atoms with van der Waals surface area (Å²) in [5, 5.41) is 6.01. The number of anilines is 2. The molecule has 2 amide bonds. The molecule has 0 aliphatic carbocycles. The molecule has 0 spiro atoms. The van der Waals surface area contributed by atoms with E-state index in [1.165, 1.54) is 9.80 Å². The molecule has 2 heterocycles. The van der Waals surface area contributed by atoms with Gasteiger partial charge in [0, 0.05) is 31.0 Å². The third-order valence-electron chi connectivity index (χ3n) is 6.10. The van der Waals surface area contributed by atoms with Gasteiger partial charge in [0.1, 0.15) is 26.2 Å². The largest absolute Gasteiger partial charge is 0.378 e. The highest BCUT2D eigenvalue weighted by Gasteiger charge is 2.31. The predicted octanol–water partition coefficient (Wildman–Crippen LogP) is -1.84. The van der Waals surface area contributed by atoms with E-state index in [0.29, 0.717) is 6.54 Å². The van der Waals surface area contributed by atoms with Gasteiger partial charge in [-0.2, -0.15) is 0 Å². The number of nitrogens with one attached hydrogen (secondary N) is 4. The van der Waals surface area contributed by atoms with Crippen LogP contribution in [0.15, 0.2) is 24.3 Å². The van der Waals surface area contributed by atoms with Crippen LogP contribution < -0.4 is 25.3 Å². The molecule has 0 bridgehead atoms. The fraction of sp³-hybridized carbons (Fsp3) is 0.636. The zero-order valence-electron chi connectivity index (χ0n) is 18.3. The smallest absolute Gasteiger partial charge is 0.282 e. The highest BCUT2D eigenvalue weighted by atomic mass is 16.5. The predicted molar refractivity (Wildman–Crippen MR) is 117 cm³/mol. The third kappa shape index (κ3) is 6.42. The molecule has 1 aromatic rings. The van der Waals surface area contributed by atoms with Crippen molar-refractivity contribution in [2.75, 3.05) is 75.8 Å². The van der Waals surface area contributed by atoms with Gasteiger partial charge in [0.15, 0.2) is 12.6 Å². The number of quaternary nitrogens is 2. The van der Waals surface area contributed by atoms with Gasteiger partial charge < -0.3 is 30.1 Å². The van der Waals surface area contributed by atoms with Crippen LogP contribution >= 0.6 is 0 Å². The lowest BCUT2D eigenvalue weighted by Crippen LogP contribution is -3.30. The SMILES string of the molecule is CCCNC(=O)C[NH+]1CC[NH+]([C@H](C)C(=O)Nc2ccc(N3CCOCC3)cc2)CC1. The van der Waals surface area contributed by atoms with Crippen LogP contribution in [0.5, 0.6) is 0 Å². The van der Waals surface area contributed by atoms with Crippen molar-refractivity contribution in [3.63, 3.8) is 0 Å². The van der Waals surface area contributed by atoms with Crippen molar-refractivity contribution in [1.29, 1.82) is 0 Å². The maximum Gasteiger partial charge on any atom is 0.282 e. The topological polar surface area (TPSA) is 79.5 Å². The number of benzene rings is 1. The summed E-state index contributed by atoms with van der Waals surface area (Å²) in [7, 11) is 0. The van der Waals surface area contributed by atoms with Crippen molar-refractivity contribution < 1.29 is 24.1 Å². The first-order chi connectivity index (χ1) is 14.6. The molecule has 2 saturated heterocycles. The van der Waals surface area contributed by atoms with Gasteiger partial charge in [0.25, 0.3) is 11.8 Å². The van der Waals surface area contributed by atoms with Crippen LogP contribution in [0, 0.1) is 0 Å². The zero-order valence-corrected chi connectivity index (χ0v) is 18.3. The maximum atomic E-state index is 12.7. The average Bonchev–Trinajstić information content (AvgIpc) is 2.79. The van der Waals surface area contributed by atoms with Crippen LogP contribution in [0.4, 0.5) is 11.4 Å². The van der Waals surface area contributed by atoms with Gasteiger partial charge in [-0.3, -0.25) is 9.59 Å². The molecule has 0 unspecified atom stereocenters. The Morgan fingerprint density at radius 2 is 1.77 bits per heavy atom. The van der Waals surface area contributed by atoms with Gasteiger partial charge in [-0.1, -0.05) is 6.92 Å². The average molecular weight is 420 g/mol. The summed E-state index contributed by atoms with van der Waals surface area (Å²) in [6, 6.07) is 7.96. The number of amides is 2. The first-order valence-electron chi connectivity index (χ1n) is 11.2. The Balaban J connectivity index is 1.43. The number of hydrogen-bond acceptors (Lipinski definition) is 4. The van der Waals surface area contributed by atoms with Gasteiger partial charge in [-0.25, -0.2) is 0 Å². The molecule has 8 heteroatoms. The van der Waals surface area contributed by atoms with Gasteiger partial charge in [-0.15, -0.1) is 0 Å². The molecule has 0 saturated carbocycles. The van der Waals surface area contributed by atoms with Gasteiger partial charge in [0.2, 0.25) is 0 Å². The van der Waals surface area contributed by atoms with Crippen LogP contribution in [0.2, 0.25) is 0 Å². The molecule has 3 rings (SSSR count). The van der Waals surface area contributed by atoms with Crippen molar-refractivity contribution in [1.82, 2.24) is 5.32 Å². The van der Waals surface area contributed by atoms with E-state index in [-0.39, 0.29) is 17.9 Å². The fourth-order valence-corrected chi connectivity index (χ4v) is 4.10. The molecule has 0 aromatic heterocycles. The minimum absolute atomic E-state index is 0.0493. The maximum absolute atomic E-state index is 12.7. The lowest BCUT2D eigenvalue weighted by molar-refractivity contribution is -1.01. The number of carbonyl (C=O) groups excluding carboxylic acids is 2. The van der Waals surface area contributed by atoms with Crippen LogP contribution in [0.25, 0.3) is 0 Å². The Hall–Kier alpha value is -2.16. The molecule has 30 heavy (non-hydrogen) atoms.